The maximum absolute atomic E-state index is 15.0. The normalized spacial score (nSPS) is 16.6. The number of hydrogen-bond donors (Lipinski definition) is 1. The number of amides is 1. The van der Waals surface area contributed by atoms with Gasteiger partial charge in [0.05, 0.1) is 24.7 Å². The van der Waals surface area contributed by atoms with Crippen molar-refractivity contribution < 1.29 is 28.3 Å². The van der Waals surface area contributed by atoms with Crippen LogP contribution in [0.15, 0.2) is 115 Å². The van der Waals surface area contributed by atoms with Crippen LogP contribution in [0.2, 0.25) is 36.3 Å². The zero-order valence-electron chi connectivity index (χ0n) is 34.2. The number of likely N-dealkylation sites (tertiary alicyclic amines) is 1. The lowest BCUT2D eigenvalue weighted by Crippen LogP contribution is -2.69. The van der Waals surface area contributed by atoms with Crippen LogP contribution in [0.1, 0.15) is 70.8 Å². The second kappa shape index (κ2) is 19.1. The quantitative estimate of drug-likeness (QED) is 0.0415. The van der Waals surface area contributed by atoms with Crippen LogP contribution in [0.5, 0.6) is 0 Å². The van der Waals surface area contributed by atoms with Crippen molar-refractivity contribution in [2.24, 2.45) is 5.92 Å². The minimum absolute atomic E-state index is 0.0134. The molecule has 7 nitrogen and oxygen atoms in total. The van der Waals surface area contributed by atoms with Crippen LogP contribution >= 0.6 is 6.89 Å². The molecule has 298 valence electrons. The average molecular weight is 810 g/mol. The highest BCUT2D eigenvalue weighted by Gasteiger charge is 2.56. The number of carboxylic acids is 1. The molecule has 1 amide bonds. The monoisotopic (exact) mass is 809 g/mol. The Labute approximate surface area is 336 Å². The minimum Gasteiger partial charge on any atom is -0.477 e. The van der Waals surface area contributed by atoms with E-state index in [1.807, 2.05) is 122 Å². The molecule has 10 heteroatoms. The van der Waals surface area contributed by atoms with Crippen LogP contribution in [0.4, 0.5) is 0 Å². The molecule has 3 atom stereocenters. The van der Waals surface area contributed by atoms with Gasteiger partial charge in [-0.2, -0.15) is 0 Å². The summed E-state index contributed by atoms with van der Waals surface area (Å²) in [6, 6.07) is 41.8. The van der Waals surface area contributed by atoms with E-state index in [1.165, 1.54) is 4.90 Å². The summed E-state index contributed by atoms with van der Waals surface area (Å²) >= 11 is 0. The molecule has 0 aliphatic carbocycles. The Hall–Kier alpha value is -3.86. The number of carboxylic acid groups (broad SMARTS) is 1. The van der Waals surface area contributed by atoms with E-state index >= 15 is 0 Å². The second-order valence-electron chi connectivity index (χ2n) is 15.0. The Kier molecular flexibility index (Phi) is 14.7. The molecule has 0 spiro atoms. The number of benzene rings is 4. The first-order chi connectivity index (χ1) is 27.0. The zero-order chi connectivity index (χ0) is 40.5. The first-order valence-corrected chi connectivity index (χ1v) is 27.3. The maximum Gasteiger partial charge on any atom is 0.353 e. The number of nitrogens with zero attached hydrogens (tertiary/aromatic N) is 1. The smallest absolute Gasteiger partial charge is 0.353 e. The number of rotatable bonds is 20. The Morgan fingerprint density at radius 1 is 0.696 bits per heavy atom. The molecule has 1 aliphatic rings. The highest BCUT2D eigenvalue weighted by Crippen LogP contribution is 2.50. The van der Waals surface area contributed by atoms with E-state index in [1.54, 1.807) is 0 Å². The molecule has 4 aromatic rings. The van der Waals surface area contributed by atoms with Gasteiger partial charge in [-0.3, -0.25) is 9.59 Å². The second-order valence-corrected chi connectivity index (χ2v) is 27.8. The van der Waals surface area contributed by atoms with Gasteiger partial charge < -0.3 is 18.9 Å². The number of carbonyl (C=O) groups is 3. The molecule has 4 aromatic carbocycles. The van der Waals surface area contributed by atoms with Crippen LogP contribution in [0.25, 0.3) is 0 Å². The molecule has 0 unspecified atom stereocenters. The fourth-order valence-electron chi connectivity index (χ4n) is 8.64. The number of ketones is 1. The van der Waals surface area contributed by atoms with E-state index in [0.29, 0.717) is 12.2 Å². The van der Waals surface area contributed by atoms with Crippen LogP contribution in [0, 0.1) is 5.92 Å². The van der Waals surface area contributed by atoms with Crippen LogP contribution < -0.4 is 15.9 Å². The Bertz CT molecular complexity index is 1880. The summed E-state index contributed by atoms with van der Waals surface area (Å²) in [5, 5.41) is 14.0. The standard InChI is InChI=1S/C46H60NO6PSi2/c1-8-55(9-2,10-3)52-34-36-24-23-25-37(32-36)42(48)33-41-43(35(7)53-56(11-4,12-5)13-6)44(49)47(41)45(46(50)51)54(38-26-17-14-18-27-38,39-28-19-15-20-29-39)40-30-21-16-22-31-40/h14-32,35,41,43H,8-13,33-34H2,1-7H3,(H,50,51)/t35-,41-,43-/m1/s1. The van der Waals surface area contributed by atoms with Gasteiger partial charge in [0.2, 0.25) is 5.91 Å². The largest absolute Gasteiger partial charge is 0.477 e. The topological polar surface area (TPSA) is 93.1 Å². The van der Waals surface area contributed by atoms with Crippen LogP contribution in [-0.2, 0) is 25.0 Å². The zero-order valence-corrected chi connectivity index (χ0v) is 37.1. The minimum atomic E-state index is -3.22. The van der Waals surface area contributed by atoms with Crippen LogP contribution in [-0.4, -0.2) is 61.9 Å². The van der Waals surface area contributed by atoms with Gasteiger partial charge in [0.25, 0.3) is 0 Å². The van der Waals surface area contributed by atoms with E-state index < -0.39 is 47.6 Å². The summed E-state index contributed by atoms with van der Waals surface area (Å²) in [6.45, 7) is 12.2. The third-order valence-corrected chi connectivity index (χ3v) is 26.1. The molecule has 1 heterocycles. The van der Waals surface area contributed by atoms with Crippen molar-refractivity contribution in [3.05, 3.63) is 126 Å². The molecule has 0 aromatic heterocycles. The summed E-state index contributed by atoms with van der Waals surface area (Å²) in [6.07, 6.45) is -0.536. The molecule has 0 saturated carbocycles. The number of β-lactam (4-membered cyclic amide) rings is 1. The predicted octanol–water partition coefficient (Wildman–Crippen LogP) is 9.23. The van der Waals surface area contributed by atoms with Gasteiger partial charge in [-0.05, 0) is 70.7 Å². The number of carbonyl (C=O) groups excluding carboxylic acids is 2. The lowest BCUT2D eigenvalue weighted by Gasteiger charge is -2.52. The van der Waals surface area contributed by atoms with Crippen molar-refractivity contribution in [1.82, 2.24) is 4.90 Å². The summed E-state index contributed by atoms with van der Waals surface area (Å²) in [5.41, 5.74) is 1.47. The van der Waals surface area contributed by atoms with Crippen molar-refractivity contribution in [3.8, 4) is 0 Å². The summed E-state index contributed by atoms with van der Waals surface area (Å²) in [5.74, 6) is -2.32. The molecule has 0 radical (unpaired) electrons. The van der Waals surface area contributed by atoms with Gasteiger partial charge in [0.15, 0.2) is 22.4 Å². The lowest BCUT2D eigenvalue weighted by atomic mass is 9.79. The van der Waals surface area contributed by atoms with Crippen molar-refractivity contribution in [1.29, 1.82) is 0 Å². The third kappa shape index (κ3) is 8.53. The van der Waals surface area contributed by atoms with Crippen molar-refractivity contribution in [2.45, 2.75) is 110 Å². The number of aliphatic carboxylic acids is 1. The van der Waals surface area contributed by atoms with Gasteiger partial charge in [0, 0.05) is 18.9 Å². The van der Waals surface area contributed by atoms with E-state index in [9.17, 15) is 19.5 Å². The van der Waals surface area contributed by atoms with E-state index in [0.717, 1.165) is 57.7 Å². The lowest BCUT2D eigenvalue weighted by molar-refractivity contribution is -0.155. The van der Waals surface area contributed by atoms with Crippen molar-refractivity contribution in [3.63, 3.8) is 0 Å². The first-order valence-electron chi connectivity index (χ1n) is 20.4. The number of Topliss-reactive ketones (excluding diaryl/α,β-unsaturated/α-hetero) is 1. The van der Waals surface area contributed by atoms with Crippen LogP contribution in [0.3, 0.4) is 0 Å². The van der Waals surface area contributed by atoms with Gasteiger partial charge in [0.1, 0.15) is 5.42 Å². The maximum atomic E-state index is 15.0. The number of hydrogen-bond acceptors (Lipinski definition) is 5. The molecular weight excluding hydrogens is 750 g/mol. The van der Waals surface area contributed by atoms with E-state index in [2.05, 4.69) is 41.5 Å². The Balaban J connectivity index is 1.70. The van der Waals surface area contributed by atoms with Gasteiger partial charge >= 0.3 is 5.97 Å². The van der Waals surface area contributed by atoms with Gasteiger partial charge in [-0.15, -0.1) is 0 Å². The fourth-order valence-corrected chi connectivity index (χ4v) is 18.5. The molecule has 1 aliphatic heterocycles. The summed E-state index contributed by atoms with van der Waals surface area (Å²) in [7, 11) is -4.03. The SMILES string of the molecule is CC[Si](CC)(CC)OCc1cccc(C(=O)C[C@@H]2[C@@H]([C@@H](C)O[Si](CC)(CC)CC)C(=O)N2C(C(=O)O)=P(c2ccccc2)(c2ccccc2)c2ccccc2)c1. The predicted molar refractivity (Wildman–Crippen MR) is 237 cm³/mol. The van der Waals surface area contributed by atoms with E-state index in [4.69, 9.17) is 8.85 Å². The molecule has 1 saturated heterocycles. The molecular formula is C46H60NO6PSi2. The highest BCUT2D eigenvalue weighted by atomic mass is 31.2. The van der Waals surface area contributed by atoms with Gasteiger partial charge in [-0.25, -0.2) is 4.79 Å². The summed E-state index contributed by atoms with van der Waals surface area (Å²) < 4.78 is 13.5. The van der Waals surface area contributed by atoms with Crippen molar-refractivity contribution in [2.75, 3.05) is 0 Å². The average Bonchev–Trinajstić information content (AvgIpc) is 3.24. The summed E-state index contributed by atoms with van der Waals surface area (Å²) in [4.78, 5) is 45.1. The van der Waals surface area contributed by atoms with Crippen molar-refractivity contribution >= 4 is 62.5 Å². The molecule has 5 rings (SSSR count). The highest BCUT2D eigenvalue weighted by molar-refractivity contribution is 7.96. The molecule has 1 N–H and O–H groups in total. The molecule has 56 heavy (non-hydrogen) atoms. The first kappa shape index (κ1) is 43.3. The molecule has 0 bridgehead atoms. The Morgan fingerprint density at radius 2 is 1.16 bits per heavy atom. The van der Waals surface area contributed by atoms with Gasteiger partial charge in [-0.1, -0.05) is 151 Å². The fraction of sp³-hybridized carbons (Fsp3) is 0.391. The Morgan fingerprint density at radius 3 is 1.59 bits per heavy atom. The third-order valence-electron chi connectivity index (χ3n) is 12.4. The molecule has 1 fully saturated rings. The van der Waals surface area contributed by atoms with E-state index in [-0.39, 0.29) is 23.5 Å².